The molecule has 2 heterocycles. The summed E-state index contributed by atoms with van der Waals surface area (Å²) in [5.74, 6) is 0.735. The minimum absolute atomic E-state index is 0.521. The monoisotopic (exact) mass is 550 g/mol. The Labute approximate surface area is 249 Å². The quantitative estimate of drug-likeness (QED) is 0.237. The molecule has 2 aromatic heterocycles. The van der Waals surface area contributed by atoms with Crippen LogP contribution in [0.5, 0.6) is 0 Å². The van der Waals surface area contributed by atoms with Crippen molar-refractivity contribution in [1.29, 1.82) is 5.26 Å². The zero-order valence-corrected chi connectivity index (χ0v) is 23.6. The molecule has 3 heteroatoms. The minimum atomic E-state index is 0.521. The molecule has 0 aliphatic rings. The van der Waals surface area contributed by atoms with Crippen LogP contribution < -0.4 is 0 Å². The first-order chi connectivity index (χ1) is 21.2. The molecule has 202 valence electrons. The Morgan fingerprint density at radius 2 is 1.09 bits per heavy atom. The Morgan fingerprint density at radius 1 is 0.581 bits per heavy atom. The van der Waals surface area contributed by atoms with E-state index in [0.29, 0.717) is 11.1 Å². The lowest BCUT2D eigenvalue weighted by molar-refractivity contribution is 0.625. The molecule has 3 nitrogen and oxygen atoms in total. The summed E-state index contributed by atoms with van der Waals surface area (Å²) < 4.78 is 7.14. The van der Waals surface area contributed by atoms with Crippen LogP contribution in [0.3, 0.4) is 0 Å². The number of hydrogen-bond acceptors (Lipinski definition) is 2. The fourth-order valence-corrected chi connectivity index (χ4v) is 6.53. The van der Waals surface area contributed by atoms with Gasteiger partial charge in [-0.2, -0.15) is 5.26 Å². The number of rotatable bonds is 4. The average molecular weight is 551 g/mol. The van der Waals surface area contributed by atoms with E-state index in [1.165, 1.54) is 0 Å². The van der Waals surface area contributed by atoms with E-state index in [1.807, 2.05) is 60.7 Å². The lowest BCUT2D eigenvalue weighted by Gasteiger charge is -2.15. The lowest BCUT2D eigenvalue weighted by Crippen LogP contribution is -1.94. The smallest absolute Gasteiger partial charge is 0.155 e. The van der Waals surface area contributed by atoms with Gasteiger partial charge < -0.3 is 9.40 Å². The molecule has 8 rings (SSSR count). The summed E-state index contributed by atoms with van der Waals surface area (Å²) in [6.45, 7) is 2.13. The summed E-state index contributed by atoms with van der Waals surface area (Å²) >= 11 is 0. The van der Waals surface area contributed by atoms with Crippen LogP contribution in [-0.2, 0) is 0 Å². The van der Waals surface area contributed by atoms with Crippen LogP contribution in [0.25, 0.3) is 77.5 Å². The number of aryl methyl sites for hydroxylation is 1. The van der Waals surface area contributed by atoms with Crippen molar-refractivity contribution in [2.24, 2.45) is 0 Å². The topological polar surface area (TPSA) is 52.7 Å². The average Bonchev–Trinajstić information content (AvgIpc) is 3.36. The zero-order valence-electron chi connectivity index (χ0n) is 23.6. The van der Waals surface area contributed by atoms with Crippen LogP contribution in [0.15, 0.2) is 138 Å². The molecule has 0 saturated carbocycles. The van der Waals surface area contributed by atoms with E-state index in [9.17, 15) is 5.26 Å². The molecular weight excluding hydrogens is 524 g/mol. The highest BCUT2D eigenvalue weighted by Crippen LogP contribution is 2.50. The van der Waals surface area contributed by atoms with E-state index >= 15 is 0 Å². The normalized spacial score (nSPS) is 11.3. The summed E-state index contributed by atoms with van der Waals surface area (Å²) in [4.78, 5) is 3.81. The molecule has 0 aliphatic carbocycles. The van der Waals surface area contributed by atoms with Crippen LogP contribution in [0.4, 0.5) is 0 Å². The SMILES string of the molecule is Cc1cc2[nH]c3c(-c4ccccc4)c(-c4ccccc4)c(C#N)c4oc(-c5ccccc5)c(-c5ccccc5)c(c1)c2c34. The Balaban J connectivity index is 1.71. The van der Waals surface area contributed by atoms with E-state index in [4.69, 9.17) is 4.42 Å². The summed E-state index contributed by atoms with van der Waals surface area (Å²) in [6, 6.07) is 48.2. The van der Waals surface area contributed by atoms with Gasteiger partial charge in [0.2, 0.25) is 0 Å². The maximum Gasteiger partial charge on any atom is 0.155 e. The van der Waals surface area contributed by atoms with Crippen molar-refractivity contribution in [3.8, 4) is 50.8 Å². The Hall–Kier alpha value is -5.85. The van der Waals surface area contributed by atoms with E-state index in [-0.39, 0.29) is 0 Å². The van der Waals surface area contributed by atoms with Gasteiger partial charge in [-0.1, -0.05) is 127 Å². The van der Waals surface area contributed by atoms with Gasteiger partial charge in [0.15, 0.2) is 5.58 Å². The van der Waals surface area contributed by atoms with Crippen molar-refractivity contribution in [2.45, 2.75) is 6.92 Å². The summed E-state index contributed by atoms with van der Waals surface area (Å²) in [5, 5.41) is 14.0. The van der Waals surface area contributed by atoms with Gasteiger partial charge in [-0.3, -0.25) is 0 Å². The largest absolute Gasteiger partial charge is 0.454 e. The fraction of sp³-hybridized carbons (Fsp3) is 0.0250. The molecule has 0 saturated heterocycles. The maximum absolute atomic E-state index is 11.0. The van der Waals surface area contributed by atoms with Crippen molar-refractivity contribution in [1.82, 2.24) is 4.98 Å². The molecule has 8 aromatic rings. The molecule has 0 fully saturated rings. The predicted molar refractivity (Wildman–Crippen MR) is 177 cm³/mol. The molecule has 0 amide bonds. The number of nitriles is 1. The van der Waals surface area contributed by atoms with Gasteiger partial charge in [0.25, 0.3) is 0 Å². The van der Waals surface area contributed by atoms with Crippen molar-refractivity contribution in [2.75, 3.05) is 0 Å². The van der Waals surface area contributed by atoms with Crippen LogP contribution in [-0.4, -0.2) is 4.98 Å². The summed E-state index contributed by atoms with van der Waals surface area (Å²) in [6.07, 6.45) is 0. The van der Waals surface area contributed by atoms with Gasteiger partial charge in [0.1, 0.15) is 17.4 Å². The van der Waals surface area contributed by atoms with Crippen molar-refractivity contribution < 1.29 is 4.42 Å². The van der Waals surface area contributed by atoms with Crippen LogP contribution in [0, 0.1) is 18.3 Å². The maximum atomic E-state index is 11.0. The van der Waals surface area contributed by atoms with Gasteiger partial charge in [-0.25, -0.2) is 0 Å². The number of hydrogen-bond donors (Lipinski definition) is 1. The Morgan fingerprint density at radius 3 is 1.65 bits per heavy atom. The second-order valence-electron chi connectivity index (χ2n) is 10.9. The van der Waals surface area contributed by atoms with Crippen LogP contribution in [0.1, 0.15) is 11.1 Å². The predicted octanol–water partition coefficient (Wildman–Crippen LogP) is 10.9. The fourth-order valence-electron chi connectivity index (χ4n) is 6.53. The molecule has 0 spiro atoms. The summed E-state index contributed by atoms with van der Waals surface area (Å²) in [5.41, 5.74) is 11.1. The van der Waals surface area contributed by atoms with Crippen LogP contribution >= 0.6 is 0 Å². The number of nitrogens with one attached hydrogen (secondary N) is 1. The molecule has 0 unspecified atom stereocenters. The molecule has 6 aromatic carbocycles. The third kappa shape index (κ3) is 3.89. The Kier molecular flexibility index (Phi) is 5.74. The van der Waals surface area contributed by atoms with Gasteiger partial charge in [-0.15, -0.1) is 0 Å². The highest BCUT2D eigenvalue weighted by atomic mass is 16.3. The van der Waals surface area contributed by atoms with Crippen molar-refractivity contribution in [3.63, 3.8) is 0 Å². The first-order valence-electron chi connectivity index (χ1n) is 14.4. The minimum Gasteiger partial charge on any atom is -0.454 e. The lowest BCUT2D eigenvalue weighted by atomic mass is 9.87. The molecule has 0 aliphatic heterocycles. The molecule has 0 radical (unpaired) electrons. The first kappa shape index (κ1) is 24.9. The highest BCUT2D eigenvalue weighted by molar-refractivity contribution is 6.29. The standard InChI is InChI=1S/C40H26N2O/c1-25-22-30-34(27-16-8-3-9-17-27)39(29-20-12-5-13-21-29)43-40-31(24-41)33(26-14-6-2-7-15-26)35(28-18-10-4-11-19-28)38-37(40)36(30)32(23-25)42-38/h2-23,42H,1H3. The first-order valence-corrected chi connectivity index (χ1v) is 14.4. The third-order valence-electron chi connectivity index (χ3n) is 8.28. The van der Waals surface area contributed by atoms with E-state index in [0.717, 1.165) is 77.5 Å². The van der Waals surface area contributed by atoms with Gasteiger partial charge >= 0.3 is 0 Å². The van der Waals surface area contributed by atoms with E-state index < -0.39 is 0 Å². The van der Waals surface area contributed by atoms with Gasteiger partial charge in [0.05, 0.1) is 10.9 Å². The molecule has 43 heavy (non-hydrogen) atoms. The number of H-pyrrole nitrogens is 1. The number of aromatic amines is 1. The zero-order chi connectivity index (χ0) is 28.9. The second kappa shape index (κ2) is 9.91. The third-order valence-corrected chi connectivity index (χ3v) is 8.28. The molecule has 0 bridgehead atoms. The van der Waals surface area contributed by atoms with Crippen molar-refractivity contribution in [3.05, 3.63) is 145 Å². The number of benzene rings is 6. The van der Waals surface area contributed by atoms with Crippen LogP contribution in [0.2, 0.25) is 0 Å². The Bertz CT molecular complexity index is 2320. The highest BCUT2D eigenvalue weighted by Gasteiger charge is 2.27. The molecule has 0 atom stereocenters. The van der Waals surface area contributed by atoms with Gasteiger partial charge in [-0.05, 0) is 40.6 Å². The van der Waals surface area contributed by atoms with E-state index in [2.05, 4.69) is 90.8 Å². The number of nitrogens with zero attached hydrogens (tertiary/aromatic N) is 1. The summed E-state index contributed by atoms with van der Waals surface area (Å²) in [7, 11) is 0. The van der Waals surface area contributed by atoms with E-state index in [1.54, 1.807) is 0 Å². The number of aromatic nitrogens is 1. The molecule has 1 N–H and O–H groups in total. The van der Waals surface area contributed by atoms with Gasteiger partial charge in [0, 0.05) is 33.2 Å². The van der Waals surface area contributed by atoms with Crippen molar-refractivity contribution >= 4 is 32.8 Å². The molecular formula is C40H26N2O. The second-order valence-corrected chi connectivity index (χ2v) is 10.9.